The smallest absolute Gasteiger partial charge is 0.273 e. The van der Waals surface area contributed by atoms with Gasteiger partial charge in [-0.3, -0.25) is 4.79 Å². The minimum atomic E-state index is -0.326. The molecule has 1 aromatic heterocycles. The second-order valence-electron chi connectivity index (χ2n) is 5.96. The van der Waals surface area contributed by atoms with Crippen LogP contribution in [0.2, 0.25) is 0 Å². The average molecular weight is 366 g/mol. The number of ether oxygens (including phenoxy) is 2. The third-order valence-electron chi connectivity index (χ3n) is 4.28. The van der Waals surface area contributed by atoms with Gasteiger partial charge < -0.3 is 20.5 Å². The minimum absolute atomic E-state index is 0.130. The van der Waals surface area contributed by atoms with E-state index in [4.69, 9.17) is 15.2 Å². The van der Waals surface area contributed by atoms with Crippen molar-refractivity contribution in [3.63, 3.8) is 0 Å². The topological polar surface area (TPSA) is 99.4 Å². The van der Waals surface area contributed by atoms with E-state index in [0.717, 1.165) is 17.5 Å². The lowest BCUT2D eigenvalue weighted by Crippen LogP contribution is -2.26. The van der Waals surface area contributed by atoms with Gasteiger partial charge in [-0.1, -0.05) is 37.3 Å². The zero-order valence-electron chi connectivity index (χ0n) is 15.6. The first-order chi connectivity index (χ1) is 13.1. The Morgan fingerprint density at radius 3 is 2.52 bits per heavy atom. The van der Waals surface area contributed by atoms with Gasteiger partial charge in [-0.2, -0.15) is 0 Å². The predicted octanol–water partition coefficient (Wildman–Crippen LogP) is 3.04. The first-order valence-electron chi connectivity index (χ1n) is 8.66. The van der Waals surface area contributed by atoms with Crippen LogP contribution in [0.4, 0.5) is 5.69 Å². The van der Waals surface area contributed by atoms with Crippen LogP contribution in [-0.4, -0.2) is 36.9 Å². The summed E-state index contributed by atoms with van der Waals surface area (Å²) in [5.41, 5.74) is 8.87. The number of fused-ring (bicyclic) bond motifs is 1. The third-order valence-corrected chi connectivity index (χ3v) is 4.28. The standard InChI is InChI=1S/C20H22N4O3/c1-4-11-22-20(25)18-16(21)14-9-5-7-12(17(14)23-24-18)13-8-6-10-15(26-2)19(13)27-3/h5-10H,4,11H2,1-3H3,(H2,21,23)(H,22,25). The number of benzene rings is 2. The van der Waals surface area contributed by atoms with Crippen molar-refractivity contribution in [2.45, 2.75) is 13.3 Å². The Bertz CT molecular complexity index is 988. The molecule has 27 heavy (non-hydrogen) atoms. The molecular weight excluding hydrogens is 344 g/mol. The van der Waals surface area contributed by atoms with Crippen molar-refractivity contribution in [3.8, 4) is 22.6 Å². The Hall–Kier alpha value is -3.35. The first-order valence-corrected chi connectivity index (χ1v) is 8.66. The highest BCUT2D eigenvalue weighted by Crippen LogP contribution is 2.40. The summed E-state index contributed by atoms with van der Waals surface area (Å²) >= 11 is 0. The highest BCUT2D eigenvalue weighted by molar-refractivity contribution is 6.07. The Labute approximate surface area is 157 Å². The minimum Gasteiger partial charge on any atom is -0.493 e. The maximum atomic E-state index is 12.3. The Morgan fingerprint density at radius 2 is 1.81 bits per heavy atom. The maximum Gasteiger partial charge on any atom is 0.273 e. The number of rotatable bonds is 6. The highest BCUT2D eigenvalue weighted by atomic mass is 16.5. The van der Waals surface area contributed by atoms with E-state index in [1.807, 2.05) is 43.3 Å². The SMILES string of the molecule is CCCNC(=O)c1nnc2c(-c3cccc(OC)c3OC)cccc2c1N. The van der Waals surface area contributed by atoms with Crippen molar-refractivity contribution in [2.75, 3.05) is 26.5 Å². The van der Waals surface area contributed by atoms with Crippen molar-refractivity contribution in [1.29, 1.82) is 0 Å². The average Bonchev–Trinajstić information content (AvgIpc) is 2.71. The largest absolute Gasteiger partial charge is 0.493 e. The molecule has 7 heteroatoms. The van der Waals surface area contributed by atoms with Gasteiger partial charge in [0, 0.05) is 23.1 Å². The number of amides is 1. The molecule has 0 bridgehead atoms. The molecule has 3 aromatic rings. The molecule has 0 radical (unpaired) electrons. The van der Waals surface area contributed by atoms with Crippen molar-refractivity contribution in [2.24, 2.45) is 0 Å². The van der Waals surface area contributed by atoms with Gasteiger partial charge >= 0.3 is 0 Å². The van der Waals surface area contributed by atoms with Crippen molar-refractivity contribution in [3.05, 3.63) is 42.1 Å². The van der Waals surface area contributed by atoms with Gasteiger partial charge in [0.05, 0.1) is 19.9 Å². The third kappa shape index (κ3) is 3.36. The number of nitrogens with two attached hydrogens (primary N) is 1. The fourth-order valence-electron chi connectivity index (χ4n) is 2.96. The summed E-state index contributed by atoms with van der Waals surface area (Å²) in [6.45, 7) is 2.53. The summed E-state index contributed by atoms with van der Waals surface area (Å²) in [6, 6.07) is 11.2. The Morgan fingerprint density at radius 1 is 1.07 bits per heavy atom. The Balaban J connectivity index is 2.18. The molecule has 140 valence electrons. The number of nitrogens with one attached hydrogen (secondary N) is 1. The number of nitrogen functional groups attached to an aromatic ring is 1. The molecule has 1 heterocycles. The van der Waals surface area contributed by atoms with Crippen molar-refractivity contribution in [1.82, 2.24) is 15.5 Å². The summed E-state index contributed by atoms with van der Waals surface area (Å²) in [6.07, 6.45) is 0.826. The quantitative estimate of drug-likeness (QED) is 0.696. The van der Waals surface area contributed by atoms with Gasteiger partial charge in [-0.05, 0) is 12.5 Å². The molecule has 0 saturated carbocycles. The van der Waals surface area contributed by atoms with Gasteiger partial charge in [0.1, 0.15) is 5.52 Å². The van der Waals surface area contributed by atoms with E-state index in [2.05, 4.69) is 15.5 Å². The molecule has 0 fully saturated rings. The number of para-hydroxylation sites is 1. The zero-order chi connectivity index (χ0) is 19.4. The van der Waals surface area contributed by atoms with Gasteiger partial charge in [0.25, 0.3) is 5.91 Å². The monoisotopic (exact) mass is 366 g/mol. The molecule has 0 saturated heterocycles. The lowest BCUT2D eigenvalue weighted by atomic mass is 10.00. The molecule has 0 aliphatic rings. The lowest BCUT2D eigenvalue weighted by molar-refractivity contribution is 0.0949. The van der Waals surface area contributed by atoms with Crippen LogP contribution in [0, 0.1) is 0 Å². The second-order valence-corrected chi connectivity index (χ2v) is 5.96. The van der Waals surface area contributed by atoms with Gasteiger partial charge in [0.2, 0.25) is 0 Å². The van der Waals surface area contributed by atoms with E-state index in [-0.39, 0.29) is 11.6 Å². The zero-order valence-corrected chi connectivity index (χ0v) is 15.6. The second kappa shape index (κ2) is 7.90. The van der Waals surface area contributed by atoms with Crippen LogP contribution in [0.5, 0.6) is 11.5 Å². The van der Waals surface area contributed by atoms with E-state index in [0.29, 0.717) is 34.6 Å². The van der Waals surface area contributed by atoms with Crippen LogP contribution in [0.25, 0.3) is 22.0 Å². The molecule has 3 N–H and O–H groups in total. The Kier molecular flexibility index (Phi) is 5.40. The number of methoxy groups -OCH3 is 2. The van der Waals surface area contributed by atoms with Crippen LogP contribution in [0.15, 0.2) is 36.4 Å². The van der Waals surface area contributed by atoms with Crippen LogP contribution in [-0.2, 0) is 0 Å². The van der Waals surface area contributed by atoms with E-state index < -0.39 is 0 Å². The molecule has 0 atom stereocenters. The fraction of sp³-hybridized carbons (Fsp3) is 0.250. The molecule has 2 aromatic carbocycles. The summed E-state index contributed by atoms with van der Waals surface area (Å²) in [4.78, 5) is 12.3. The van der Waals surface area contributed by atoms with E-state index >= 15 is 0 Å². The fourth-order valence-corrected chi connectivity index (χ4v) is 2.96. The molecule has 0 aliphatic carbocycles. The number of anilines is 1. The van der Waals surface area contributed by atoms with Gasteiger partial charge in [-0.25, -0.2) is 0 Å². The van der Waals surface area contributed by atoms with E-state index in [9.17, 15) is 4.79 Å². The predicted molar refractivity (Wildman–Crippen MR) is 105 cm³/mol. The normalized spacial score (nSPS) is 10.6. The van der Waals surface area contributed by atoms with E-state index in [1.54, 1.807) is 14.2 Å². The van der Waals surface area contributed by atoms with Crippen LogP contribution in [0.3, 0.4) is 0 Å². The number of hydrogen-bond donors (Lipinski definition) is 2. The van der Waals surface area contributed by atoms with Crippen LogP contribution < -0.4 is 20.5 Å². The lowest BCUT2D eigenvalue weighted by Gasteiger charge is -2.14. The van der Waals surface area contributed by atoms with Gasteiger partial charge in [-0.15, -0.1) is 10.2 Å². The summed E-state index contributed by atoms with van der Waals surface area (Å²) in [5, 5.41) is 11.8. The maximum absolute atomic E-state index is 12.3. The molecule has 0 aliphatic heterocycles. The molecule has 0 spiro atoms. The van der Waals surface area contributed by atoms with Crippen molar-refractivity contribution < 1.29 is 14.3 Å². The van der Waals surface area contributed by atoms with E-state index in [1.165, 1.54) is 0 Å². The number of aromatic nitrogens is 2. The van der Waals surface area contributed by atoms with Crippen LogP contribution >= 0.6 is 0 Å². The van der Waals surface area contributed by atoms with Crippen molar-refractivity contribution >= 4 is 22.5 Å². The number of carbonyl (C=O) groups excluding carboxylic acids is 1. The number of hydrogen-bond acceptors (Lipinski definition) is 6. The molecule has 1 amide bonds. The summed E-state index contributed by atoms with van der Waals surface area (Å²) < 4.78 is 10.9. The summed E-state index contributed by atoms with van der Waals surface area (Å²) in [7, 11) is 3.17. The number of nitrogens with zero attached hydrogens (tertiary/aromatic N) is 2. The molecule has 3 rings (SSSR count). The number of carbonyl (C=O) groups is 1. The first kappa shape index (κ1) is 18.4. The molecule has 7 nitrogen and oxygen atoms in total. The highest BCUT2D eigenvalue weighted by Gasteiger charge is 2.19. The summed E-state index contributed by atoms with van der Waals surface area (Å²) in [5.74, 6) is 0.884. The van der Waals surface area contributed by atoms with Crippen LogP contribution in [0.1, 0.15) is 23.8 Å². The molecular formula is C20H22N4O3. The molecule has 0 unspecified atom stereocenters. The van der Waals surface area contributed by atoms with Gasteiger partial charge in [0.15, 0.2) is 17.2 Å².